The highest BCUT2D eigenvalue weighted by atomic mass is 35.5. The number of anilines is 1. The van der Waals surface area contributed by atoms with Crippen LogP contribution < -0.4 is 15.4 Å². The Kier molecular flexibility index (Phi) is 8.57. The molecule has 0 atom stereocenters. The van der Waals surface area contributed by atoms with Gasteiger partial charge in [0.1, 0.15) is 5.69 Å². The SMILES string of the molecule is CCCCNC(=O)c1cc(Cl)ccc1NC(=O)c1cc(OCC(F)(F)F)nn1-c1ncccc1Cl. The summed E-state index contributed by atoms with van der Waals surface area (Å²) in [6, 6.07) is 8.33. The zero-order valence-electron chi connectivity index (χ0n) is 18.3. The number of carbonyl (C=O) groups excluding carboxylic acids is 2. The number of hydrogen-bond donors (Lipinski definition) is 2. The van der Waals surface area contributed by atoms with Gasteiger partial charge < -0.3 is 15.4 Å². The highest BCUT2D eigenvalue weighted by Crippen LogP contribution is 2.26. The highest BCUT2D eigenvalue weighted by Gasteiger charge is 2.30. The minimum atomic E-state index is -4.61. The molecular weight excluding hydrogens is 510 g/mol. The van der Waals surface area contributed by atoms with Gasteiger partial charge in [-0.1, -0.05) is 36.5 Å². The summed E-state index contributed by atoms with van der Waals surface area (Å²) in [5.41, 5.74) is 0.0125. The standard InChI is InChI=1S/C22H20Cl2F3N5O3/c1-2-3-8-29-20(33)14-10-13(23)6-7-16(14)30-21(34)17-11-18(35-12-22(25,26)27)31-32(17)19-15(24)5-4-9-28-19/h4-7,9-11H,2-3,8,12H2,1H3,(H,29,33)(H,30,34). The van der Waals surface area contributed by atoms with Gasteiger partial charge in [0.05, 0.1) is 16.3 Å². The number of ether oxygens (including phenoxy) is 1. The number of nitrogens with zero attached hydrogens (tertiary/aromatic N) is 3. The van der Waals surface area contributed by atoms with Crippen LogP contribution in [0, 0.1) is 0 Å². The van der Waals surface area contributed by atoms with E-state index in [1.165, 1.54) is 36.5 Å². The molecule has 0 aliphatic heterocycles. The molecule has 0 radical (unpaired) electrons. The molecule has 2 N–H and O–H groups in total. The number of alkyl halides is 3. The van der Waals surface area contributed by atoms with Crippen LogP contribution in [-0.2, 0) is 0 Å². The number of halogens is 5. The van der Waals surface area contributed by atoms with Crippen LogP contribution in [0.4, 0.5) is 18.9 Å². The lowest BCUT2D eigenvalue weighted by molar-refractivity contribution is -0.154. The van der Waals surface area contributed by atoms with Gasteiger partial charge in [0.25, 0.3) is 11.8 Å². The Morgan fingerprint density at radius 1 is 1.14 bits per heavy atom. The molecule has 35 heavy (non-hydrogen) atoms. The lowest BCUT2D eigenvalue weighted by Gasteiger charge is -2.13. The molecule has 2 amide bonds. The number of hydrogen-bond acceptors (Lipinski definition) is 5. The average Bonchev–Trinajstić information content (AvgIpc) is 3.23. The monoisotopic (exact) mass is 529 g/mol. The second-order valence-corrected chi connectivity index (χ2v) is 8.09. The third kappa shape index (κ3) is 7.09. The van der Waals surface area contributed by atoms with Gasteiger partial charge in [0.2, 0.25) is 5.88 Å². The molecule has 0 fully saturated rings. The maximum atomic E-state index is 13.2. The van der Waals surface area contributed by atoms with Crippen molar-refractivity contribution in [3.05, 3.63) is 63.9 Å². The molecule has 0 unspecified atom stereocenters. The van der Waals surface area contributed by atoms with E-state index in [1.54, 1.807) is 0 Å². The molecule has 8 nitrogen and oxygen atoms in total. The molecule has 2 heterocycles. The number of carbonyl (C=O) groups is 2. The molecule has 0 bridgehead atoms. The Bertz CT molecular complexity index is 1220. The third-order valence-corrected chi connectivity index (χ3v) is 5.06. The summed E-state index contributed by atoms with van der Waals surface area (Å²) in [5.74, 6) is -1.73. The van der Waals surface area contributed by atoms with Gasteiger partial charge in [-0.25, -0.2) is 9.67 Å². The zero-order chi connectivity index (χ0) is 25.6. The topological polar surface area (TPSA) is 98.1 Å². The largest absolute Gasteiger partial charge is 0.467 e. The van der Waals surface area contributed by atoms with Crippen LogP contribution in [-0.4, -0.2) is 45.9 Å². The summed E-state index contributed by atoms with van der Waals surface area (Å²) in [7, 11) is 0. The minimum Gasteiger partial charge on any atom is -0.467 e. The van der Waals surface area contributed by atoms with Crippen molar-refractivity contribution in [2.75, 3.05) is 18.5 Å². The zero-order valence-corrected chi connectivity index (χ0v) is 19.8. The fourth-order valence-electron chi connectivity index (χ4n) is 2.92. The van der Waals surface area contributed by atoms with Crippen LogP contribution in [0.15, 0.2) is 42.6 Å². The van der Waals surface area contributed by atoms with Gasteiger partial charge in [-0.2, -0.15) is 13.2 Å². The first-order valence-corrected chi connectivity index (χ1v) is 11.1. The van der Waals surface area contributed by atoms with E-state index in [9.17, 15) is 22.8 Å². The smallest absolute Gasteiger partial charge is 0.422 e. The number of amides is 2. The molecule has 1 aromatic carbocycles. The second kappa shape index (κ2) is 11.4. The summed E-state index contributed by atoms with van der Waals surface area (Å²) in [6.07, 6.45) is -1.60. The molecule has 3 rings (SSSR count). The van der Waals surface area contributed by atoms with Crippen LogP contribution in [0.2, 0.25) is 10.0 Å². The van der Waals surface area contributed by atoms with E-state index in [0.717, 1.165) is 23.6 Å². The summed E-state index contributed by atoms with van der Waals surface area (Å²) < 4.78 is 43.5. The Morgan fingerprint density at radius 3 is 2.60 bits per heavy atom. The lowest BCUT2D eigenvalue weighted by Crippen LogP contribution is -2.26. The highest BCUT2D eigenvalue weighted by molar-refractivity contribution is 6.32. The molecule has 0 aliphatic carbocycles. The first-order chi connectivity index (χ1) is 16.6. The minimum absolute atomic E-state index is 0.00480. The number of benzene rings is 1. The van der Waals surface area contributed by atoms with Gasteiger partial charge in [-0.3, -0.25) is 9.59 Å². The van der Waals surface area contributed by atoms with Crippen molar-refractivity contribution < 1.29 is 27.5 Å². The van der Waals surface area contributed by atoms with Gasteiger partial charge in [0, 0.05) is 23.8 Å². The van der Waals surface area contributed by atoms with E-state index in [4.69, 9.17) is 27.9 Å². The molecule has 0 saturated heterocycles. The van der Waals surface area contributed by atoms with Crippen LogP contribution >= 0.6 is 23.2 Å². The summed E-state index contributed by atoms with van der Waals surface area (Å²) >= 11 is 12.2. The molecule has 0 aliphatic rings. The van der Waals surface area contributed by atoms with E-state index in [-0.39, 0.29) is 32.8 Å². The van der Waals surface area contributed by atoms with Gasteiger partial charge in [0.15, 0.2) is 12.4 Å². The normalized spacial score (nSPS) is 11.3. The van der Waals surface area contributed by atoms with Crippen LogP contribution in [0.25, 0.3) is 5.82 Å². The molecule has 2 aromatic heterocycles. The average molecular weight is 530 g/mol. The Morgan fingerprint density at radius 2 is 1.91 bits per heavy atom. The predicted molar refractivity (Wildman–Crippen MR) is 125 cm³/mol. The molecular formula is C22H20Cl2F3N5O3. The quantitative estimate of drug-likeness (QED) is 0.366. The van der Waals surface area contributed by atoms with Crippen molar-refractivity contribution in [1.82, 2.24) is 20.1 Å². The molecule has 13 heteroatoms. The van der Waals surface area contributed by atoms with E-state index in [1.807, 2.05) is 6.92 Å². The number of rotatable bonds is 9. The van der Waals surface area contributed by atoms with Crippen molar-refractivity contribution >= 4 is 40.7 Å². The Balaban J connectivity index is 1.95. The third-order valence-electron chi connectivity index (χ3n) is 4.53. The molecule has 0 spiro atoms. The van der Waals surface area contributed by atoms with E-state index < -0.39 is 30.5 Å². The number of nitrogens with one attached hydrogen (secondary N) is 2. The number of pyridine rings is 1. The Hall–Kier alpha value is -3.31. The lowest BCUT2D eigenvalue weighted by atomic mass is 10.1. The summed E-state index contributed by atoms with van der Waals surface area (Å²) in [4.78, 5) is 29.9. The van der Waals surface area contributed by atoms with Crippen LogP contribution in [0.5, 0.6) is 5.88 Å². The predicted octanol–water partition coefficient (Wildman–Crippen LogP) is 5.30. The van der Waals surface area contributed by atoms with Crippen molar-refractivity contribution in [2.45, 2.75) is 25.9 Å². The first-order valence-electron chi connectivity index (χ1n) is 10.4. The van der Waals surface area contributed by atoms with Crippen molar-refractivity contribution in [3.8, 4) is 11.7 Å². The maximum Gasteiger partial charge on any atom is 0.422 e. The van der Waals surface area contributed by atoms with Crippen LogP contribution in [0.1, 0.15) is 40.6 Å². The van der Waals surface area contributed by atoms with E-state index in [0.29, 0.717) is 6.54 Å². The summed E-state index contributed by atoms with van der Waals surface area (Å²) in [5, 5.41) is 9.59. The first kappa shape index (κ1) is 26.3. The van der Waals surface area contributed by atoms with Gasteiger partial charge in [-0.15, -0.1) is 5.10 Å². The Labute approximate surface area is 208 Å². The van der Waals surface area contributed by atoms with Crippen molar-refractivity contribution in [1.29, 1.82) is 0 Å². The van der Waals surface area contributed by atoms with Crippen molar-refractivity contribution in [2.24, 2.45) is 0 Å². The number of unbranched alkanes of at least 4 members (excludes halogenated alkanes) is 1. The fourth-order valence-corrected chi connectivity index (χ4v) is 3.29. The maximum absolute atomic E-state index is 13.2. The van der Waals surface area contributed by atoms with Crippen LogP contribution in [0.3, 0.4) is 0 Å². The van der Waals surface area contributed by atoms with Crippen molar-refractivity contribution in [3.63, 3.8) is 0 Å². The molecule has 3 aromatic rings. The number of aromatic nitrogens is 3. The van der Waals surface area contributed by atoms with Gasteiger partial charge in [-0.05, 0) is 36.8 Å². The van der Waals surface area contributed by atoms with Gasteiger partial charge >= 0.3 is 6.18 Å². The fraction of sp³-hybridized carbons (Fsp3) is 0.273. The molecule has 186 valence electrons. The summed E-state index contributed by atoms with van der Waals surface area (Å²) in [6.45, 7) is 0.793. The molecule has 0 saturated carbocycles. The van der Waals surface area contributed by atoms with E-state index in [2.05, 4.69) is 20.7 Å². The van der Waals surface area contributed by atoms with E-state index >= 15 is 0 Å². The second-order valence-electron chi connectivity index (χ2n) is 7.25.